The van der Waals surface area contributed by atoms with Crippen LogP contribution in [0.2, 0.25) is 0 Å². The van der Waals surface area contributed by atoms with Gasteiger partial charge in [0.2, 0.25) is 0 Å². The summed E-state index contributed by atoms with van der Waals surface area (Å²) in [7, 11) is 0. The van der Waals surface area contributed by atoms with E-state index >= 15 is 0 Å². The third-order valence-electron chi connectivity index (χ3n) is 6.14. The van der Waals surface area contributed by atoms with Crippen LogP contribution in [-0.2, 0) is 33.3 Å². The van der Waals surface area contributed by atoms with Crippen molar-refractivity contribution in [3.05, 3.63) is 59.6 Å². The maximum absolute atomic E-state index is 9.38. The molecule has 10 nitrogen and oxygen atoms in total. The topological polar surface area (TPSA) is 109 Å². The number of allylic oxidation sites excluding steroid dienone is 2. The summed E-state index contributed by atoms with van der Waals surface area (Å²) >= 11 is 0. The number of anilines is 1. The number of phenols is 1. The lowest BCUT2D eigenvalue weighted by molar-refractivity contribution is -0.0163. The van der Waals surface area contributed by atoms with Gasteiger partial charge in [0.1, 0.15) is 11.5 Å². The van der Waals surface area contributed by atoms with Crippen LogP contribution in [0.15, 0.2) is 59.6 Å². The maximum Gasteiger partial charge on any atom is 0.133 e. The van der Waals surface area contributed by atoms with Gasteiger partial charge in [0, 0.05) is 24.0 Å². The van der Waals surface area contributed by atoms with Crippen LogP contribution in [0, 0.1) is 0 Å². The second-order valence-electron chi connectivity index (χ2n) is 9.80. The molecule has 238 valence electrons. The van der Waals surface area contributed by atoms with E-state index in [0.29, 0.717) is 79.3 Å². The predicted molar refractivity (Wildman–Crippen MR) is 164 cm³/mol. The molecule has 1 aromatic rings. The Balaban J connectivity index is 1.31. The van der Waals surface area contributed by atoms with Gasteiger partial charge in [0.25, 0.3) is 0 Å². The summed E-state index contributed by atoms with van der Waals surface area (Å²) in [5.74, 6) is 1.23. The van der Waals surface area contributed by atoms with Gasteiger partial charge in [-0.3, -0.25) is 0 Å². The van der Waals surface area contributed by atoms with Gasteiger partial charge < -0.3 is 43.7 Å². The molecule has 0 saturated heterocycles. The first-order chi connectivity index (χ1) is 20.6. The Labute approximate surface area is 251 Å². The lowest BCUT2D eigenvalue weighted by atomic mass is 10.2. The van der Waals surface area contributed by atoms with Crippen LogP contribution in [0.25, 0.3) is 0 Å². The molecule has 1 aliphatic carbocycles. The zero-order chi connectivity index (χ0) is 30.1. The second-order valence-corrected chi connectivity index (χ2v) is 9.80. The molecule has 1 aromatic carbocycles. The molecule has 0 atom stereocenters. The highest BCUT2D eigenvalue weighted by Crippen LogP contribution is 2.33. The van der Waals surface area contributed by atoms with Crippen molar-refractivity contribution in [2.75, 3.05) is 84.6 Å². The number of hydrogen-bond donors (Lipinski definition) is 3. The van der Waals surface area contributed by atoms with Crippen LogP contribution >= 0.6 is 0 Å². The molecule has 0 unspecified atom stereocenters. The molecular formula is C32H52N2O8. The third kappa shape index (κ3) is 18.8. The Kier molecular flexibility index (Phi) is 20.3. The summed E-state index contributed by atoms with van der Waals surface area (Å²) in [5.41, 5.74) is 7.22. The van der Waals surface area contributed by atoms with Gasteiger partial charge >= 0.3 is 0 Å². The Hall–Kier alpha value is -2.60. The first-order valence-electron chi connectivity index (χ1n) is 15.1. The predicted octanol–water partition coefficient (Wildman–Crippen LogP) is 5.47. The van der Waals surface area contributed by atoms with E-state index in [-0.39, 0.29) is 5.75 Å². The van der Waals surface area contributed by atoms with E-state index in [0.717, 1.165) is 55.7 Å². The lowest BCUT2D eigenvalue weighted by Crippen LogP contribution is -2.15. The Morgan fingerprint density at radius 1 is 0.762 bits per heavy atom. The van der Waals surface area contributed by atoms with Crippen molar-refractivity contribution in [1.82, 2.24) is 5.48 Å². The fourth-order valence-corrected chi connectivity index (χ4v) is 3.57. The first kappa shape index (κ1) is 35.6. The monoisotopic (exact) mass is 592 g/mol. The number of nitrogens with one attached hydrogen (secondary N) is 2. The van der Waals surface area contributed by atoms with Gasteiger partial charge in [-0.15, -0.1) is 0 Å². The molecule has 1 saturated carbocycles. The molecule has 3 N–H and O–H groups in total. The van der Waals surface area contributed by atoms with E-state index in [9.17, 15) is 5.11 Å². The van der Waals surface area contributed by atoms with Crippen molar-refractivity contribution in [1.29, 1.82) is 0 Å². The number of hydroxylamine groups is 1. The molecule has 0 radical (unpaired) electrons. The Morgan fingerprint density at radius 2 is 1.29 bits per heavy atom. The molecule has 1 fully saturated rings. The van der Waals surface area contributed by atoms with Gasteiger partial charge in [-0.05, 0) is 61.1 Å². The SMILES string of the molecule is C=C(CC)NOC(CCOCCOCCOCCOCCOCCOC/C(=C/Nc1ccc(O)cc1)CCC)=C1CC1. The Bertz CT molecular complexity index is 898. The van der Waals surface area contributed by atoms with E-state index < -0.39 is 0 Å². The number of aromatic hydroxyl groups is 1. The minimum Gasteiger partial charge on any atom is -0.508 e. The quantitative estimate of drug-likeness (QED) is 0.0502. The van der Waals surface area contributed by atoms with E-state index in [1.807, 2.05) is 25.3 Å². The first-order valence-corrected chi connectivity index (χ1v) is 15.1. The molecule has 0 aliphatic heterocycles. The smallest absolute Gasteiger partial charge is 0.133 e. The average Bonchev–Trinajstić information content (AvgIpc) is 3.84. The van der Waals surface area contributed by atoms with Crippen molar-refractivity contribution in [3.63, 3.8) is 0 Å². The summed E-state index contributed by atoms with van der Waals surface area (Å²) < 4.78 is 33.6. The van der Waals surface area contributed by atoms with Crippen molar-refractivity contribution in [3.8, 4) is 5.75 Å². The standard InChI is InChI=1S/C32H52N2O8/c1-4-6-28(25-33-30-9-11-31(35)12-10-30)26-41-24-23-40-22-21-39-20-19-38-18-17-37-16-15-36-14-13-32(29-7-8-29)42-34-27(3)5-2/h9-12,25,33-35H,3-8,13-24,26H2,1-2H3/b28-25+. The van der Waals surface area contributed by atoms with Crippen LogP contribution in [0.4, 0.5) is 5.69 Å². The van der Waals surface area contributed by atoms with E-state index in [2.05, 4.69) is 24.3 Å². The third-order valence-corrected chi connectivity index (χ3v) is 6.14. The minimum absolute atomic E-state index is 0.251. The molecule has 0 spiro atoms. The molecule has 0 aromatic heterocycles. The number of ether oxygens (including phenoxy) is 6. The number of hydrogen-bond acceptors (Lipinski definition) is 10. The van der Waals surface area contributed by atoms with Crippen LogP contribution < -0.4 is 10.8 Å². The normalized spacial score (nSPS) is 12.8. The van der Waals surface area contributed by atoms with Crippen molar-refractivity contribution < 1.29 is 38.4 Å². The fourth-order valence-electron chi connectivity index (χ4n) is 3.57. The van der Waals surface area contributed by atoms with Gasteiger partial charge in [0.05, 0.1) is 79.3 Å². The van der Waals surface area contributed by atoms with Crippen LogP contribution in [0.1, 0.15) is 52.4 Å². The average molecular weight is 593 g/mol. The van der Waals surface area contributed by atoms with E-state index in [4.69, 9.17) is 33.3 Å². The second kappa shape index (κ2) is 23.9. The van der Waals surface area contributed by atoms with Crippen LogP contribution in [-0.4, -0.2) is 84.4 Å². The summed E-state index contributed by atoms with van der Waals surface area (Å²) in [6.45, 7) is 14.4. The molecular weight excluding hydrogens is 540 g/mol. The molecule has 0 amide bonds. The highest BCUT2D eigenvalue weighted by atomic mass is 16.6. The lowest BCUT2D eigenvalue weighted by Gasteiger charge is -2.13. The summed E-state index contributed by atoms with van der Waals surface area (Å²) in [6.07, 6.45) is 7.76. The molecule has 42 heavy (non-hydrogen) atoms. The number of benzene rings is 1. The number of rotatable bonds is 28. The van der Waals surface area contributed by atoms with E-state index in [1.54, 1.807) is 12.1 Å². The van der Waals surface area contributed by atoms with Crippen molar-refractivity contribution >= 4 is 5.69 Å². The van der Waals surface area contributed by atoms with Crippen LogP contribution in [0.3, 0.4) is 0 Å². The minimum atomic E-state index is 0.251. The van der Waals surface area contributed by atoms with Gasteiger partial charge in [-0.1, -0.05) is 26.8 Å². The zero-order valence-corrected chi connectivity index (χ0v) is 25.6. The Morgan fingerprint density at radius 3 is 1.79 bits per heavy atom. The molecule has 0 heterocycles. The highest BCUT2D eigenvalue weighted by molar-refractivity contribution is 5.48. The molecule has 1 aliphatic rings. The van der Waals surface area contributed by atoms with Crippen molar-refractivity contribution in [2.24, 2.45) is 0 Å². The summed E-state index contributed by atoms with van der Waals surface area (Å²) in [6, 6.07) is 6.97. The van der Waals surface area contributed by atoms with Gasteiger partial charge in [0.15, 0.2) is 0 Å². The largest absolute Gasteiger partial charge is 0.508 e. The zero-order valence-electron chi connectivity index (χ0n) is 25.6. The molecule has 0 bridgehead atoms. The number of phenolic OH excluding ortho intramolecular Hbond substituents is 1. The maximum atomic E-state index is 9.38. The molecule has 10 heteroatoms. The van der Waals surface area contributed by atoms with Gasteiger partial charge in [-0.2, -0.15) is 0 Å². The fraction of sp³-hybridized carbons (Fsp3) is 0.625. The highest BCUT2D eigenvalue weighted by Gasteiger charge is 2.19. The van der Waals surface area contributed by atoms with Crippen LogP contribution in [0.5, 0.6) is 5.75 Å². The molecule has 2 rings (SSSR count). The van der Waals surface area contributed by atoms with Gasteiger partial charge in [-0.25, -0.2) is 5.48 Å². The summed E-state index contributed by atoms with van der Waals surface area (Å²) in [5, 5.41) is 12.6. The van der Waals surface area contributed by atoms with Crippen molar-refractivity contribution in [2.45, 2.75) is 52.4 Å². The van der Waals surface area contributed by atoms with E-state index in [1.165, 1.54) is 11.1 Å². The summed E-state index contributed by atoms with van der Waals surface area (Å²) in [4.78, 5) is 5.66.